The van der Waals surface area contributed by atoms with Gasteiger partial charge in [-0.25, -0.2) is 4.79 Å². The van der Waals surface area contributed by atoms with Gasteiger partial charge in [0, 0.05) is 17.8 Å². The SMILES string of the molecule is O=C(COC(=O)c1ccc(NCC(O)CO)cc1)c1ccccc1. The number of ketones is 1. The second-order valence-electron chi connectivity index (χ2n) is 5.16. The molecular weight excluding hydrogens is 310 g/mol. The molecule has 6 nitrogen and oxygen atoms in total. The Morgan fingerprint density at radius 3 is 2.29 bits per heavy atom. The van der Waals surface area contributed by atoms with E-state index in [0.717, 1.165) is 0 Å². The molecule has 1 unspecified atom stereocenters. The summed E-state index contributed by atoms with van der Waals surface area (Å²) in [5.74, 6) is -0.846. The molecule has 2 aromatic carbocycles. The van der Waals surface area contributed by atoms with Crippen molar-refractivity contribution in [1.29, 1.82) is 0 Å². The maximum Gasteiger partial charge on any atom is 0.338 e. The van der Waals surface area contributed by atoms with Crippen LogP contribution in [0.25, 0.3) is 0 Å². The number of rotatable bonds is 8. The fourth-order valence-electron chi connectivity index (χ4n) is 1.95. The second-order valence-corrected chi connectivity index (χ2v) is 5.16. The number of aliphatic hydroxyl groups is 2. The Bertz CT molecular complexity index is 670. The first-order chi connectivity index (χ1) is 11.6. The number of anilines is 1. The van der Waals surface area contributed by atoms with Gasteiger partial charge < -0.3 is 20.3 Å². The molecule has 0 aromatic heterocycles. The van der Waals surface area contributed by atoms with Crippen LogP contribution in [0.3, 0.4) is 0 Å². The van der Waals surface area contributed by atoms with Crippen molar-refractivity contribution in [3.8, 4) is 0 Å². The lowest BCUT2D eigenvalue weighted by Gasteiger charge is -2.10. The predicted molar refractivity (Wildman–Crippen MR) is 89.1 cm³/mol. The molecule has 0 radical (unpaired) electrons. The molecule has 3 N–H and O–H groups in total. The lowest BCUT2D eigenvalue weighted by molar-refractivity contribution is 0.0475. The molecule has 6 heteroatoms. The Morgan fingerprint density at radius 2 is 1.67 bits per heavy atom. The lowest BCUT2D eigenvalue weighted by atomic mass is 10.1. The number of ether oxygens (including phenoxy) is 1. The van der Waals surface area contributed by atoms with Crippen molar-refractivity contribution in [3.05, 3.63) is 65.7 Å². The van der Waals surface area contributed by atoms with Crippen LogP contribution in [0.4, 0.5) is 5.69 Å². The summed E-state index contributed by atoms with van der Waals surface area (Å²) < 4.78 is 5.02. The summed E-state index contributed by atoms with van der Waals surface area (Å²) in [4.78, 5) is 23.8. The van der Waals surface area contributed by atoms with Gasteiger partial charge in [-0.3, -0.25) is 4.79 Å². The highest BCUT2D eigenvalue weighted by atomic mass is 16.5. The van der Waals surface area contributed by atoms with E-state index in [1.165, 1.54) is 0 Å². The Labute approximate surface area is 139 Å². The summed E-state index contributed by atoms with van der Waals surface area (Å²) in [7, 11) is 0. The average Bonchev–Trinajstić information content (AvgIpc) is 2.64. The van der Waals surface area contributed by atoms with Crippen molar-refractivity contribution in [2.45, 2.75) is 6.10 Å². The lowest BCUT2D eigenvalue weighted by Crippen LogP contribution is -2.22. The quantitative estimate of drug-likeness (QED) is 0.502. The molecule has 0 bridgehead atoms. The topological polar surface area (TPSA) is 95.9 Å². The van der Waals surface area contributed by atoms with Crippen LogP contribution in [0.5, 0.6) is 0 Å². The van der Waals surface area contributed by atoms with Crippen molar-refractivity contribution >= 4 is 17.4 Å². The molecule has 2 rings (SSSR count). The number of aliphatic hydroxyl groups excluding tert-OH is 2. The number of carbonyl (C=O) groups excluding carboxylic acids is 2. The van der Waals surface area contributed by atoms with E-state index in [9.17, 15) is 14.7 Å². The van der Waals surface area contributed by atoms with Crippen LogP contribution in [0, 0.1) is 0 Å². The largest absolute Gasteiger partial charge is 0.454 e. The summed E-state index contributed by atoms with van der Waals surface area (Å²) >= 11 is 0. The third-order valence-corrected chi connectivity index (χ3v) is 3.30. The van der Waals surface area contributed by atoms with Gasteiger partial charge in [0.25, 0.3) is 0 Å². The minimum Gasteiger partial charge on any atom is -0.454 e. The predicted octanol–water partition coefficient (Wildman–Crippen LogP) is 1.49. The summed E-state index contributed by atoms with van der Waals surface area (Å²) in [6, 6.07) is 15.0. The maximum absolute atomic E-state index is 11.9. The molecular formula is C18H19NO5. The van der Waals surface area contributed by atoms with Gasteiger partial charge >= 0.3 is 5.97 Å². The zero-order chi connectivity index (χ0) is 17.4. The number of carbonyl (C=O) groups is 2. The van der Waals surface area contributed by atoms with Gasteiger partial charge in [-0.2, -0.15) is 0 Å². The summed E-state index contributed by atoms with van der Waals surface area (Å²) in [6.07, 6.45) is -0.848. The standard InChI is InChI=1S/C18H19NO5/c20-11-16(21)10-19-15-8-6-14(7-9-15)18(23)24-12-17(22)13-4-2-1-3-5-13/h1-9,16,19-21H,10-12H2. The molecule has 2 aromatic rings. The average molecular weight is 329 g/mol. The Hall–Kier alpha value is -2.70. The van der Waals surface area contributed by atoms with E-state index in [0.29, 0.717) is 16.8 Å². The Balaban J connectivity index is 1.85. The number of hydrogen-bond acceptors (Lipinski definition) is 6. The zero-order valence-electron chi connectivity index (χ0n) is 13.0. The van der Waals surface area contributed by atoms with Crippen LogP contribution in [0.1, 0.15) is 20.7 Å². The summed E-state index contributed by atoms with van der Waals surface area (Å²) in [5.41, 5.74) is 1.51. The molecule has 0 aliphatic heterocycles. The number of Topliss-reactive ketones (excluding diaryl/α,β-unsaturated/α-hetero) is 1. The molecule has 0 aliphatic rings. The highest BCUT2D eigenvalue weighted by molar-refractivity contribution is 5.99. The van der Waals surface area contributed by atoms with Gasteiger partial charge in [-0.15, -0.1) is 0 Å². The monoisotopic (exact) mass is 329 g/mol. The van der Waals surface area contributed by atoms with Crippen LogP contribution >= 0.6 is 0 Å². The van der Waals surface area contributed by atoms with Crippen molar-refractivity contribution in [3.63, 3.8) is 0 Å². The number of nitrogens with one attached hydrogen (secondary N) is 1. The molecule has 0 aliphatic carbocycles. The zero-order valence-corrected chi connectivity index (χ0v) is 13.0. The van der Waals surface area contributed by atoms with Crippen molar-refractivity contribution in [2.24, 2.45) is 0 Å². The molecule has 0 fully saturated rings. The van der Waals surface area contributed by atoms with Gasteiger partial charge in [0.1, 0.15) is 0 Å². The highest BCUT2D eigenvalue weighted by Gasteiger charge is 2.11. The number of esters is 1. The number of benzene rings is 2. The maximum atomic E-state index is 11.9. The minimum absolute atomic E-state index is 0.200. The molecule has 126 valence electrons. The summed E-state index contributed by atoms with van der Waals surface area (Å²) in [6.45, 7) is -0.440. The number of hydrogen-bond donors (Lipinski definition) is 3. The van der Waals surface area contributed by atoms with Crippen LogP contribution in [-0.2, 0) is 4.74 Å². The van der Waals surface area contributed by atoms with E-state index in [2.05, 4.69) is 5.32 Å². The molecule has 0 amide bonds. The molecule has 0 heterocycles. The Kier molecular flexibility index (Phi) is 6.48. The van der Waals surface area contributed by atoms with Crippen LogP contribution in [0.2, 0.25) is 0 Å². The molecule has 0 saturated carbocycles. The van der Waals surface area contributed by atoms with Gasteiger partial charge in [0.2, 0.25) is 0 Å². The first kappa shape index (κ1) is 17.7. The first-order valence-corrected chi connectivity index (χ1v) is 7.48. The minimum atomic E-state index is -0.848. The molecule has 24 heavy (non-hydrogen) atoms. The van der Waals surface area contributed by atoms with Gasteiger partial charge in [0.15, 0.2) is 12.4 Å². The Morgan fingerprint density at radius 1 is 1.00 bits per heavy atom. The molecule has 0 spiro atoms. The fraction of sp³-hybridized carbons (Fsp3) is 0.222. The molecule has 1 atom stereocenters. The van der Waals surface area contributed by atoms with E-state index in [1.807, 2.05) is 0 Å². The first-order valence-electron chi connectivity index (χ1n) is 7.48. The van der Waals surface area contributed by atoms with E-state index >= 15 is 0 Å². The van der Waals surface area contributed by atoms with Gasteiger partial charge in [-0.05, 0) is 24.3 Å². The smallest absolute Gasteiger partial charge is 0.338 e. The normalized spacial score (nSPS) is 11.6. The van der Waals surface area contributed by atoms with Crippen molar-refractivity contribution in [2.75, 3.05) is 25.1 Å². The van der Waals surface area contributed by atoms with Crippen LogP contribution in [0.15, 0.2) is 54.6 Å². The molecule has 0 saturated heterocycles. The third kappa shape index (κ3) is 5.19. The van der Waals surface area contributed by atoms with E-state index in [-0.39, 0.29) is 25.5 Å². The van der Waals surface area contributed by atoms with Crippen molar-refractivity contribution in [1.82, 2.24) is 0 Å². The van der Waals surface area contributed by atoms with Crippen LogP contribution in [-0.4, -0.2) is 47.8 Å². The van der Waals surface area contributed by atoms with Crippen LogP contribution < -0.4 is 5.32 Å². The third-order valence-electron chi connectivity index (χ3n) is 3.30. The second kappa shape index (κ2) is 8.81. The van der Waals surface area contributed by atoms with E-state index < -0.39 is 12.1 Å². The van der Waals surface area contributed by atoms with Crippen molar-refractivity contribution < 1.29 is 24.5 Å². The summed E-state index contributed by atoms with van der Waals surface area (Å²) in [5, 5.41) is 20.9. The van der Waals surface area contributed by atoms with E-state index in [1.54, 1.807) is 54.6 Å². The fourth-order valence-corrected chi connectivity index (χ4v) is 1.95. The van der Waals surface area contributed by atoms with Gasteiger partial charge in [-0.1, -0.05) is 30.3 Å². The highest BCUT2D eigenvalue weighted by Crippen LogP contribution is 2.11. The van der Waals surface area contributed by atoms with Gasteiger partial charge in [0.05, 0.1) is 18.3 Å². The van der Waals surface area contributed by atoms with E-state index in [4.69, 9.17) is 9.84 Å².